The molecule has 1 aliphatic carbocycles. The molecule has 2 aromatic rings. The summed E-state index contributed by atoms with van der Waals surface area (Å²) in [4.78, 5) is 24.4. The molecule has 2 N–H and O–H groups in total. The number of carboxylic acids is 2. The van der Waals surface area contributed by atoms with Gasteiger partial charge < -0.3 is 24.2 Å². The summed E-state index contributed by atoms with van der Waals surface area (Å²) in [7, 11) is 0. The van der Waals surface area contributed by atoms with Crippen LogP contribution in [0.3, 0.4) is 0 Å². The molecular formula is C23H27F6N3O7. The number of aliphatic carboxylic acids is 2. The average Bonchev–Trinajstić information content (AvgIpc) is 3.42. The number of alkyl halides is 6. The minimum Gasteiger partial charge on any atom is -0.475 e. The standard InChI is InChI=1S/C19H25N3O3.2C2HF3O2/c1-13-16(14(2)25-21-13)11-22-8-9-23-19-17(22)5-6-18(19)24-12-15-4-3-7-20-10-15;2*3-2(4,5)1(6)7/h3-4,7,10,17-19H,5-6,8-9,11-12H2,1-2H3;2*(H,6,7)/t17-,18+,19+;;/m0../s1. The van der Waals surface area contributed by atoms with E-state index in [9.17, 15) is 26.3 Å². The molecule has 1 saturated heterocycles. The van der Waals surface area contributed by atoms with Crippen molar-refractivity contribution in [3.63, 3.8) is 0 Å². The Labute approximate surface area is 218 Å². The van der Waals surface area contributed by atoms with Crippen molar-refractivity contribution in [1.82, 2.24) is 15.0 Å². The Bertz CT molecular complexity index is 1030. The highest BCUT2D eigenvalue weighted by molar-refractivity contribution is 5.73. The van der Waals surface area contributed by atoms with E-state index in [0.29, 0.717) is 12.6 Å². The monoisotopic (exact) mass is 571 g/mol. The first-order valence-corrected chi connectivity index (χ1v) is 11.5. The molecule has 3 atom stereocenters. The number of ether oxygens (including phenoxy) is 2. The van der Waals surface area contributed by atoms with Crippen LogP contribution in [-0.2, 0) is 32.2 Å². The van der Waals surface area contributed by atoms with Crippen LogP contribution in [0.25, 0.3) is 0 Å². The van der Waals surface area contributed by atoms with Gasteiger partial charge in [-0.15, -0.1) is 0 Å². The molecule has 2 aliphatic rings. The normalized spacial score (nSPS) is 21.2. The lowest BCUT2D eigenvalue weighted by atomic mass is 10.1. The molecule has 0 bridgehead atoms. The van der Waals surface area contributed by atoms with Crippen molar-refractivity contribution >= 4 is 11.9 Å². The van der Waals surface area contributed by atoms with Crippen molar-refractivity contribution < 1.29 is 60.1 Å². The van der Waals surface area contributed by atoms with Crippen LogP contribution in [-0.4, -0.2) is 80.9 Å². The maximum atomic E-state index is 10.6. The van der Waals surface area contributed by atoms with Crippen LogP contribution in [0.1, 0.15) is 35.4 Å². The van der Waals surface area contributed by atoms with E-state index in [4.69, 9.17) is 33.8 Å². The summed E-state index contributed by atoms with van der Waals surface area (Å²) < 4.78 is 81.0. The zero-order valence-corrected chi connectivity index (χ0v) is 20.8. The summed E-state index contributed by atoms with van der Waals surface area (Å²) in [6, 6.07) is 4.39. The lowest BCUT2D eigenvalue weighted by Gasteiger charge is -2.39. The number of nitrogens with zero attached hydrogens (tertiary/aromatic N) is 3. The second-order valence-electron chi connectivity index (χ2n) is 8.57. The minimum atomic E-state index is -5.08. The van der Waals surface area contributed by atoms with E-state index in [-0.39, 0.29) is 12.2 Å². The first kappa shape index (κ1) is 32.0. The quantitative estimate of drug-likeness (QED) is 0.509. The number of hydrogen-bond donors (Lipinski definition) is 2. The Morgan fingerprint density at radius 1 is 1.10 bits per heavy atom. The number of morpholine rings is 1. The van der Waals surface area contributed by atoms with E-state index in [1.54, 1.807) is 6.20 Å². The van der Waals surface area contributed by atoms with Crippen LogP contribution in [0.2, 0.25) is 0 Å². The van der Waals surface area contributed by atoms with Crippen molar-refractivity contribution in [2.45, 2.75) is 70.4 Å². The predicted molar refractivity (Wildman–Crippen MR) is 119 cm³/mol. The van der Waals surface area contributed by atoms with E-state index in [1.807, 2.05) is 32.2 Å². The van der Waals surface area contributed by atoms with Gasteiger partial charge in [-0.25, -0.2) is 9.59 Å². The SMILES string of the molecule is Cc1noc(C)c1CN1CCO[C@H]2[C@H](OCc3cccnc3)CC[C@@H]21.O=C(O)C(F)(F)F.O=C(O)C(F)(F)F. The molecule has 16 heteroatoms. The Kier molecular flexibility index (Phi) is 11.2. The van der Waals surface area contributed by atoms with E-state index >= 15 is 0 Å². The third kappa shape index (κ3) is 9.78. The molecule has 0 aromatic carbocycles. The molecule has 2 fully saturated rings. The van der Waals surface area contributed by atoms with E-state index in [1.165, 1.54) is 5.56 Å². The van der Waals surface area contributed by atoms with Gasteiger partial charge in [0.25, 0.3) is 0 Å². The van der Waals surface area contributed by atoms with Gasteiger partial charge in [-0.3, -0.25) is 9.88 Å². The Morgan fingerprint density at radius 2 is 1.72 bits per heavy atom. The van der Waals surface area contributed by atoms with Crippen LogP contribution >= 0.6 is 0 Å². The zero-order valence-electron chi connectivity index (χ0n) is 20.8. The van der Waals surface area contributed by atoms with Gasteiger partial charge in [0.15, 0.2) is 0 Å². The van der Waals surface area contributed by atoms with Crippen LogP contribution < -0.4 is 0 Å². The molecule has 1 saturated carbocycles. The smallest absolute Gasteiger partial charge is 0.475 e. The highest BCUT2D eigenvalue weighted by atomic mass is 19.4. The van der Waals surface area contributed by atoms with Gasteiger partial charge in [0.2, 0.25) is 0 Å². The number of carboxylic acid groups (broad SMARTS) is 2. The predicted octanol–water partition coefficient (Wildman–Crippen LogP) is 3.90. The lowest BCUT2D eigenvalue weighted by Crippen LogP contribution is -2.51. The number of hydrogen-bond acceptors (Lipinski definition) is 8. The van der Waals surface area contributed by atoms with Crippen LogP contribution in [0, 0.1) is 13.8 Å². The van der Waals surface area contributed by atoms with Gasteiger partial charge in [-0.1, -0.05) is 11.2 Å². The van der Waals surface area contributed by atoms with Gasteiger partial charge in [0, 0.05) is 37.1 Å². The number of pyridine rings is 1. The summed E-state index contributed by atoms with van der Waals surface area (Å²) in [5, 5.41) is 18.3. The van der Waals surface area contributed by atoms with E-state index in [0.717, 1.165) is 49.6 Å². The van der Waals surface area contributed by atoms with Crippen molar-refractivity contribution in [2.24, 2.45) is 0 Å². The molecule has 39 heavy (non-hydrogen) atoms. The summed E-state index contributed by atoms with van der Waals surface area (Å²) in [6.45, 7) is 7.16. The first-order valence-electron chi connectivity index (χ1n) is 11.5. The summed E-state index contributed by atoms with van der Waals surface area (Å²) in [5.74, 6) is -4.59. The van der Waals surface area contributed by atoms with Crippen LogP contribution in [0.15, 0.2) is 29.0 Å². The van der Waals surface area contributed by atoms with E-state index in [2.05, 4.69) is 15.0 Å². The second-order valence-corrected chi connectivity index (χ2v) is 8.57. The van der Waals surface area contributed by atoms with Crippen molar-refractivity contribution in [1.29, 1.82) is 0 Å². The fraction of sp³-hybridized carbons (Fsp3) is 0.565. The van der Waals surface area contributed by atoms with Gasteiger partial charge in [0.05, 0.1) is 31.1 Å². The highest BCUT2D eigenvalue weighted by Gasteiger charge is 2.43. The molecule has 4 rings (SSSR count). The maximum absolute atomic E-state index is 10.6. The maximum Gasteiger partial charge on any atom is 0.490 e. The molecule has 1 aliphatic heterocycles. The fourth-order valence-electron chi connectivity index (χ4n) is 3.98. The molecule has 218 valence electrons. The van der Waals surface area contributed by atoms with Crippen LogP contribution in [0.5, 0.6) is 0 Å². The van der Waals surface area contributed by atoms with E-state index < -0.39 is 24.3 Å². The summed E-state index contributed by atoms with van der Waals surface area (Å²) >= 11 is 0. The molecular weight excluding hydrogens is 544 g/mol. The molecule has 2 aromatic heterocycles. The van der Waals surface area contributed by atoms with Gasteiger partial charge in [-0.2, -0.15) is 26.3 Å². The topological polar surface area (TPSA) is 135 Å². The largest absolute Gasteiger partial charge is 0.490 e. The highest BCUT2D eigenvalue weighted by Crippen LogP contribution is 2.34. The number of rotatable bonds is 5. The van der Waals surface area contributed by atoms with Crippen molar-refractivity contribution in [3.8, 4) is 0 Å². The molecule has 10 nitrogen and oxygen atoms in total. The van der Waals surface area contributed by atoms with Gasteiger partial charge in [-0.05, 0) is 38.3 Å². The molecule has 0 unspecified atom stereocenters. The minimum absolute atomic E-state index is 0.144. The fourth-order valence-corrected chi connectivity index (χ4v) is 3.98. The van der Waals surface area contributed by atoms with Crippen molar-refractivity contribution in [2.75, 3.05) is 13.2 Å². The summed E-state index contributed by atoms with van der Waals surface area (Å²) in [6.07, 6.45) is -4.09. The molecule has 0 radical (unpaired) electrons. The molecule has 3 heterocycles. The van der Waals surface area contributed by atoms with Gasteiger partial charge >= 0.3 is 24.3 Å². The summed E-state index contributed by atoms with van der Waals surface area (Å²) in [5.41, 5.74) is 3.30. The molecule has 0 spiro atoms. The third-order valence-electron chi connectivity index (χ3n) is 5.86. The number of halogens is 6. The lowest BCUT2D eigenvalue weighted by molar-refractivity contribution is -0.193. The number of aromatic nitrogens is 2. The number of carbonyl (C=O) groups is 2. The van der Waals surface area contributed by atoms with Crippen LogP contribution in [0.4, 0.5) is 26.3 Å². The first-order chi connectivity index (χ1) is 18.1. The van der Waals surface area contributed by atoms with Crippen molar-refractivity contribution in [3.05, 3.63) is 47.1 Å². The Hall–Kier alpha value is -3.24. The average molecular weight is 571 g/mol. The Balaban J connectivity index is 0.000000317. The molecule has 0 amide bonds. The Morgan fingerprint density at radius 3 is 2.21 bits per heavy atom. The van der Waals surface area contributed by atoms with Gasteiger partial charge in [0.1, 0.15) is 5.76 Å². The zero-order chi connectivity index (χ0) is 29.4. The second kappa shape index (κ2) is 13.7. The number of fused-ring (bicyclic) bond motifs is 1. The number of aryl methyl sites for hydroxylation is 2. The third-order valence-corrected chi connectivity index (χ3v) is 5.86.